The zero-order valence-electron chi connectivity index (χ0n) is 12.9. The van der Waals surface area contributed by atoms with Crippen LogP contribution in [-0.4, -0.2) is 27.2 Å². The molecule has 0 atom stereocenters. The van der Waals surface area contributed by atoms with E-state index in [4.69, 9.17) is 0 Å². The van der Waals surface area contributed by atoms with E-state index in [0.717, 1.165) is 28.2 Å². The molecule has 0 spiro atoms. The third-order valence-electron chi connectivity index (χ3n) is 3.01. The molecule has 0 aliphatic heterocycles. The summed E-state index contributed by atoms with van der Waals surface area (Å²) in [4.78, 5) is 27.1. The van der Waals surface area contributed by atoms with Crippen molar-refractivity contribution in [1.29, 1.82) is 0 Å². The summed E-state index contributed by atoms with van der Waals surface area (Å²) < 4.78 is 0. The van der Waals surface area contributed by atoms with E-state index in [1.807, 2.05) is 13.0 Å². The van der Waals surface area contributed by atoms with Crippen LogP contribution in [0.15, 0.2) is 41.4 Å². The molecule has 0 unspecified atom stereocenters. The molecule has 1 amide bonds. The van der Waals surface area contributed by atoms with Gasteiger partial charge in [-0.3, -0.25) is 20.2 Å². The summed E-state index contributed by atoms with van der Waals surface area (Å²) in [6, 6.07) is 10.2. The van der Waals surface area contributed by atoms with Crippen LogP contribution >= 0.6 is 22.7 Å². The van der Waals surface area contributed by atoms with Crippen LogP contribution < -0.4 is 5.32 Å². The van der Waals surface area contributed by atoms with Gasteiger partial charge in [-0.2, -0.15) is 0 Å². The Kier molecular flexibility index (Phi) is 4.91. The lowest BCUT2D eigenvalue weighted by Crippen LogP contribution is -2.11. The number of rotatable bonds is 5. The van der Waals surface area contributed by atoms with Crippen molar-refractivity contribution in [2.75, 3.05) is 5.32 Å². The molecular weight excluding hydrogens is 362 g/mol. The fourth-order valence-corrected chi connectivity index (χ4v) is 3.18. The normalized spacial score (nSPS) is 10.9. The molecule has 0 saturated heterocycles. The number of aliphatic imine (C=N–C) groups is 1. The molecule has 1 aromatic carbocycles. The van der Waals surface area contributed by atoms with E-state index < -0.39 is 4.92 Å². The molecule has 0 aliphatic carbocycles. The van der Waals surface area contributed by atoms with Crippen molar-refractivity contribution in [2.24, 2.45) is 4.99 Å². The quantitative estimate of drug-likeness (QED) is 0.415. The average molecular weight is 373 g/mol. The molecule has 1 N–H and O–H groups in total. The number of anilines is 1. The van der Waals surface area contributed by atoms with Crippen molar-refractivity contribution in [2.45, 2.75) is 6.92 Å². The van der Waals surface area contributed by atoms with Crippen LogP contribution in [0.25, 0.3) is 0 Å². The van der Waals surface area contributed by atoms with Crippen LogP contribution in [0.1, 0.15) is 20.8 Å². The first kappa shape index (κ1) is 16.9. The first-order valence-corrected chi connectivity index (χ1v) is 8.64. The number of amides is 1. The van der Waals surface area contributed by atoms with Crippen molar-refractivity contribution in [3.8, 4) is 0 Å². The Bertz CT molecular complexity index is 963. The van der Waals surface area contributed by atoms with Crippen molar-refractivity contribution in [3.05, 3.63) is 62.5 Å². The zero-order chi connectivity index (χ0) is 17.8. The number of thiophene rings is 1. The van der Waals surface area contributed by atoms with E-state index in [1.165, 1.54) is 12.3 Å². The van der Waals surface area contributed by atoms with E-state index in [9.17, 15) is 14.9 Å². The van der Waals surface area contributed by atoms with Gasteiger partial charge < -0.3 is 0 Å². The Morgan fingerprint density at radius 1 is 1.28 bits per heavy atom. The van der Waals surface area contributed by atoms with Crippen LogP contribution in [0.2, 0.25) is 0 Å². The molecule has 126 valence electrons. The van der Waals surface area contributed by atoms with Gasteiger partial charge in [0.05, 0.1) is 9.80 Å². The zero-order valence-corrected chi connectivity index (χ0v) is 14.5. The third kappa shape index (κ3) is 4.31. The standard InChI is InChI=1S/C15H11N5O3S2/c1-9-3-2-4-10(7-9)13(21)17-15-19-18-14(25-15)16-8-11-5-6-12(24-11)20(22)23/h2-8H,1H3,(H,17,19,21). The topological polar surface area (TPSA) is 110 Å². The van der Waals surface area contributed by atoms with Gasteiger partial charge in [0.2, 0.25) is 10.3 Å². The predicted octanol–water partition coefficient (Wildman–Crippen LogP) is 3.82. The van der Waals surface area contributed by atoms with Gasteiger partial charge in [-0.05, 0) is 25.1 Å². The maximum atomic E-state index is 12.1. The van der Waals surface area contributed by atoms with Crippen LogP contribution in [-0.2, 0) is 0 Å². The molecule has 0 fully saturated rings. The van der Waals surface area contributed by atoms with Gasteiger partial charge in [-0.25, -0.2) is 4.99 Å². The summed E-state index contributed by atoms with van der Waals surface area (Å²) in [6.07, 6.45) is 1.48. The number of aromatic nitrogens is 2. The van der Waals surface area contributed by atoms with Gasteiger partial charge in [0.1, 0.15) is 0 Å². The van der Waals surface area contributed by atoms with E-state index in [1.54, 1.807) is 24.3 Å². The van der Waals surface area contributed by atoms with Crippen molar-refractivity contribution < 1.29 is 9.72 Å². The molecule has 0 radical (unpaired) electrons. The molecule has 25 heavy (non-hydrogen) atoms. The highest BCUT2D eigenvalue weighted by atomic mass is 32.1. The van der Waals surface area contributed by atoms with Gasteiger partial charge in [-0.15, -0.1) is 10.2 Å². The fraction of sp³-hybridized carbons (Fsp3) is 0.0667. The lowest BCUT2D eigenvalue weighted by molar-refractivity contribution is -0.380. The molecule has 0 bridgehead atoms. The monoisotopic (exact) mass is 373 g/mol. The van der Waals surface area contributed by atoms with Crippen molar-refractivity contribution in [1.82, 2.24) is 10.2 Å². The van der Waals surface area contributed by atoms with E-state index >= 15 is 0 Å². The Morgan fingerprint density at radius 2 is 2.12 bits per heavy atom. The summed E-state index contributed by atoms with van der Waals surface area (Å²) in [5.74, 6) is -0.274. The highest BCUT2D eigenvalue weighted by Gasteiger charge is 2.11. The van der Waals surface area contributed by atoms with Gasteiger partial charge >= 0.3 is 5.00 Å². The summed E-state index contributed by atoms with van der Waals surface area (Å²) >= 11 is 2.13. The number of nitro groups is 1. The van der Waals surface area contributed by atoms with Gasteiger partial charge in [-0.1, -0.05) is 40.4 Å². The molecule has 2 heterocycles. The summed E-state index contributed by atoms with van der Waals surface area (Å²) in [6.45, 7) is 1.91. The van der Waals surface area contributed by atoms with Crippen LogP contribution in [0.5, 0.6) is 0 Å². The van der Waals surface area contributed by atoms with Crippen LogP contribution in [0.3, 0.4) is 0 Å². The van der Waals surface area contributed by atoms with Crippen LogP contribution in [0, 0.1) is 17.0 Å². The molecule has 3 rings (SSSR count). The SMILES string of the molecule is Cc1cccc(C(=O)Nc2nnc(N=Cc3ccc([N+](=O)[O-])s3)s2)c1. The minimum absolute atomic E-state index is 0.0461. The molecule has 8 nitrogen and oxygen atoms in total. The molecule has 0 aliphatic rings. The number of carbonyl (C=O) groups excluding carboxylic acids is 1. The van der Waals surface area contributed by atoms with Gasteiger partial charge in [0.25, 0.3) is 5.91 Å². The number of nitrogens with one attached hydrogen (secondary N) is 1. The number of aryl methyl sites for hydroxylation is 1. The molecule has 3 aromatic rings. The Hall–Kier alpha value is -2.98. The number of benzene rings is 1. The third-order valence-corrected chi connectivity index (χ3v) is 4.73. The van der Waals surface area contributed by atoms with E-state index in [-0.39, 0.29) is 10.9 Å². The average Bonchev–Trinajstić information content (AvgIpc) is 3.22. The highest BCUT2D eigenvalue weighted by Crippen LogP contribution is 2.26. The van der Waals surface area contributed by atoms with Crippen LogP contribution in [0.4, 0.5) is 15.3 Å². The highest BCUT2D eigenvalue weighted by molar-refractivity contribution is 7.19. The van der Waals surface area contributed by atoms with Crippen molar-refractivity contribution in [3.63, 3.8) is 0 Å². The smallest absolute Gasteiger partial charge is 0.296 e. The summed E-state index contributed by atoms with van der Waals surface area (Å²) in [5.41, 5.74) is 1.52. The number of hydrogen-bond acceptors (Lipinski definition) is 8. The summed E-state index contributed by atoms with van der Waals surface area (Å²) in [7, 11) is 0. The first-order chi connectivity index (χ1) is 12.0. The lowest BCUT2D eigenvalue weighted by atomic mass is 10.1. The largest absolute Gasteiger partial charge is 0.324 e. The Balaban J connectivity index is 1.66. The summed E-state index contributed by atoms with van der Waals surface area (Å²) in [5, 5.41) is 21.8. The van der Waals surface area contributed by atoms with Gasteiger partial charge in [0.15, 0.2) is 0 Å². The minimum atomic E-state index is -0.452. The van der Waals surface area contributed by atoms with E-state index in [0.29, 0.717) is 20.7 Å². The van der Waals surface area contributed by atoms with Gasteiger partial charge in [0, 0.05) is 17.8 Å². The minimum Gasteiger partial charge on any atom is -0.296 e. The molecule has 2 aromatic heterocycles. The maximum Gasteiger partial charge on any atom is 0.324 e. The first-order valence-electron chi connectivity index (χ1n) is 7.01. The Labute approximate surface area is 150 Å². The second-order valence-corrected chi connectivity index (χ2v) is 6.95. The number of carbonyl (C=O) groups is 1. The predicted molar refractivity (Wildman–Crippen MR) is 97.3 cm³/mol. The van der Waals surface area contributed by atoms with E-state index in [2.05, 4.69) is 20.5 Å². The van der Waals surface area contributed by atoms with Crippen molar-refractivity contribution >= 4 is 50.1 Å². The number of hydrogen-bond donors (Lipinski definition) is 1. The molecular formula is C15H11N5O3S2. The second kappa shape index (κ2) is 7.28. The maximum absolute atomic E-state index is 12.1. The molecule has 0 saturated carbocycles. The Morgan fingerprint density at radius 3 is 2.84 bits per heavy atom. The second-order valence-electron chi connectivity index (χ2n) is 4.90. The fourth-order valence-electron chi connectivity index (χ4n) is 1.90. The lowest BCUT2D eigenvalue weighted by Gasteiger charge is -2.01. The molecule has 10 heteroatoms. The number of nitrogens with zero attached hydrogens (tertiary/aromatic N) is 4.